The third-order valence-electron chi connectivity index (χ3n) is 1.93. The third-order valence-corrected chi connectivity index (χ3v) is 2.48. The van der Waals surface area contributed by atoms with Crippen molar-refractivity contribution in [2.75, 3.05) is 0 Å². The van der Waals surface area contributed by atoms with Gasteiger partial charge in [-0.3, -0.25) is 0 Å². The smallest absolute Gasteiger partial charge is 0.120 e. The Morgan fingerprint density at radius 3 is 2.38 bits per heavy atom. The van der Waals surface area contributed by atoms with Crippen molar-refractivity contribution in [2.45, 2.75) is 5.25 Å². The van der Waals surface area contributed by atoms with Gasteiger partial charge in [-0.25, -0.2) is 0 Å². The molecule has 0 fully saturated rings. The molecule has 1 heterocycles. The van der Waals surface area contributed by atoms with Crippen LogP contribution in [0.25, 0.3) is 0 Å². The molecule has 1 unspecified atom stereocenters. The molecule has 0 bridgehead atoms. The first-order valence-corrected chi connectivity index (χ1v) is 4.66. The van der Waals surface area contributed by atoms with Gasteiger partial charge in [0.2, 0.25) is 0 Å². The Morgan fingerprint density at radius 2 is 1.77 bits per heavy atom. The first-order chi connectivity index (χ1) is 6.38. The average molecular weight is 190 g/mol. The molecule has 1 atom stereocenters. The highest BCUT2D eigenvalue weighted by molar-refractivity contribution is 7.80. The molecule has 2 heteroatoms. The minimum Gasteiger partial charge on any atom is -0.468 e. The number of furan rings is 1. The molecule has 0 saturated heterocycles. The van der Waals surface area contributed by atoms with E-state index in [9.17, 15) is 0 Å². The summed E-state index contributed by atoms with van der Waals surface area (Å²) < 4.78 is 5.27. The number of benzene rings is 1. The predicted octanol–water partition coefficient (Wildman–Crippen LogP) is 3.30. The summed E-state index contributed by atoms with van der Waals surface area (Å²) in [6.07, 6.45) is 1.67. The van der Waals surface area contributed by atoms with E-state index in [1.165, 1.54) is 0 Å². The van der Waals surface area contributed by atoms with Crippen LogP contribution in [0.4, 0.5) is 0 Å². The van der Waals surface area contributed by atoms with E-state index in [-0.39, 0.29) is 5.25 Å². The summed E-state index contributed by atoms with van der Waals surface area (Å²) in [6, 6.07) is 13.9. The zero-order valence-corrected chi connectivity index (χ0v) is 7.95. The maximum Gasteiger partial charge on any atom is 0.120 e. The van der Waals surface area contributed by atoms with Crippen molar-refractivity contribution in [3.05, 3.63) is 60.1 Å². The number of hydrogen-bond acceptors (Lipinski definition) is 2. The quantitative estimate of drug-likeness (QED) is 0.717. The van der Waals surface area contributed by atoms with Gasteiger partial charge >= 0.3 is 0 Å². The van der Waals surface area contributed by atoms with Crippen molar-refractivity contribution in [1.29, 1.82) is 0 Å². The van der Waals surface area contributed by atoms with Crippen molar-refractivity contribution in [3.8, 4) is 0 Å². The van der Waals surface area contributed by atoms with E-state index < -0.39 is 0 Å². The standard InChI is InChI=1S/C11H10OS/c13-11(10-7-4-8-12-10)9-5-2-1-3-6-9/h1-8,11,13H. The van der Waals surface area contributed by atoms with Crippen LogP contribution >= 0.6 is 12.6 Å². The van der Waals surface area contributed by atoms with Gasteiger partial charge in [0.05, 0.1) is 11.5 Å². The molecular formula is C11H10OS. The second kappa shape index (κ2) is 3.71. The monoisotopic (exact) mass is 190 g/mol. The SMILES string of the molecule is SC(c1ccccc1)c1ccco1. The Balaban J connectivity index is 2.29. The molecule has 2 aromatic rings. The van der Waals surface area contributed by atoms with Crippen LogP contribution in [-0.4, -0.2) is 0 Å². The van der Waals surface area contributed by atoms with Gasteiger partial charge in [0.25, 0.3) is 0 Å². The maximum atomic E-state index is 5.27. The molecule has 1 nitrogen and oxygen atoms in total. The van der Waals surface area contributed by atoms with Gasteiger partial charge in [-0.2, -0.15) is 12.6 Å². The molecule has 66 valence electrons. The second-order valence-corrected chi connectivity index (χ2v) is 3.35. The van der Waals surface area contributed by atoms with E-state index in [1.54, 1.807) is 6.26 Å². The number of hydrogen-bond donors (Lipinski definition) is 1. The van der Waals surface area contributed by atoms with Crippen LogP contribution in [0.5, 0.6) is 0 Å². The molecule has 0 spiro atoms. The summed E-state index contributed by atoms with van der Waals surface area (Å²) in [5, 5.41) is 0.0381. The Bertz CT molecular complexity index is 353. The summed E-state index contributed by atoms with van der Waals surface area (Å²) in [5.41, 5.74) is 1.15. The van der Waals surface area contributed by atoms with E-state index >= 15 is 0 Å². The van der Waals surface area contributed by atoms with Crippen molar-refractivity contribution in [2.24, 2.45) is 0 Å². The molecule has 0 amide bonds. The highest BCUT2D eigenvalue weighted by Crippen LogP contribution is 2.27. The second-order valence-electron chi connectivity index (χ2n) is 2.83. The summed E-state index contributed by atoms with van der Waals surface area (Å²) in [5.74, 6) is 0.884. The summed E-state index contributed by atoms with van der Waals surface area (Å²) >= 11 is 4.48. The molecule has 0 aliphatic carbocycles. The zero-order valence-electron chi connectivity index (χ0n) is 7.05. The van der Waals surface area contributed by atoms with Crippen LogP contribution in [-0.2, 0) is 0 Å². The van der Waals surface area contributed by atoms with Crippen molar-refractivity contribution >= 4 is 12.6 Å². The van der Waals surface area contributed by atoms with E-state index in [0.717, 1.165) is 11.3 Å². The van der Waals surface area contributed by atoms with Gasteiger partial charge < -0.3 is 4.42 Å². The molecular weight excluding hydrogens is 180 g/mol. The third kappa shape index (κ3) is 1.78. The van der Waals surface area contributed by atoms with E-state index in [1.807, 2.05) is 42.5 Å². The van der Waals surface area contributed by atoms with Gasteiger partial charge in [-0.1, -0.05) is 30.3 Å². The summed E-state index contributed by atoms with van der Waals surface area (Å²) in [6.45, 7) is 0. The van der Waals surface area contributed by atoms with E-state index in [0.29, 0.717) is 0 Å². The Hall–Kier alpha value is -1.15. The minimum absolute atomic E-state index is 0.0381. The van der Waals surface area contributed by atoms with E-state index in [4.69, 9.17) is 4.42 Å². The molecule has 1 aromatic carbocycles. The van der Waals surface area contributed by atoms with Gasteiger partial charge in [0.15, 0.2) is 0 Å². The minimum atomic E-state index is 0.0381. The Labute approximate surface area is 82.8 Å². The topological polar surface area (TPSA) is 13.1 Å². The highest BCUT2D eigenvalue weighted by atomic mass is 32.1. The maximum absolute atomic E-state index is 5.27. The molecule has 0 saturated carbocycles. The lowest BCUT2D eigenvalue weighted by Crippen LogP contribution is -1.89. The number of thiol groups is 1. The van der Waals surface area contributed by atoms with Crippen molar-refractivity contribution in [3.63, 3.8) is 0 Å². The van der Waals surface area contributed by atoms with Crippen LogP contribution in [0.15, 0.2) is 53.1 Å². The van der Waals surface area contributed by atoms with Crippen molar-refractivity contribution in [1.82, 2.24) is 0 Å². The fraction of sp³-hybridized carbons (Fsp3) is 0.0909. The molecule has 1 aromatic heterocycles. The van der Waals surface area contributed by atoms with Gasteiger partial charge in [-0.05, 0) is 17.7 Å². The largest absolute Gasteiger partial charge is 0.468 e. The zero-order chi connectivity index (χ0) is 9.10. The fourth-order valence-corrected chi connectivity index (χ4v) is 1.57. The lowest BCUT2D eigenvalue weighted by Gasteiger charge is -2.06. The Kier molecular flexibility index (Phi) is 2.41. The molecule has 0 aliphatic rings. The number of rotatable bonds is 2. The summed E-state index contributed by atoms with van der Waals surface area (Å²) in [7, 11) is 0. The van der Waals surface area contributed by atoms with Crippen LogP contribution in [0, 0.1) is 0 Å². The molecule has 0 N–H and O–H groups in total. The van der Waals surface area contributed by atoms with Crippen LogP contribution < -0.4 is 0 Å². The molecule has 0 radical (unpaired) electrons. The van der Waals surface area contributed by atoms with Gasteiger partial charge in [0.1, 0.15) is 5.76 Å². The molecule has 13 heavy (non-hydrogen) atoms. The Morgan fingerprint density at radius 1 is 1.00 bits per heavy atom. The van der Waals surface area contributed by atoms with E-state index in [2.05, 4.69) is 12.6 Å². The van der Waals surface area contributed by atoms with Crippen LogP contribution in [0.2, 0.25) is 0 Å². The first kappa shape index (κ1) is 8.45. The normalized spacial score (nSPS) is 12.7. The lowest BCUT2D eigenvalue weighted by atomic mass is 10.1. The fourth-order valence-electron chi connectivity index (χ4n) is 1.25. The predicted molar refractivity (Wildman–Crippen MR) is 56.0 cm³/mol. The van der Waals surface area contributed by atoms with Crippen LogP contribution in [0.3, 0.4) is 0 Å². The van der Waals surface area contributed by atoms with Gasteiger partial charge in [-0.15, -0.1) is 0 Å². The lowest BCUT2D eigenvalue weighted by molar-refractivity contribution is 0.518. The summed E-state index contributed by atoms with van der Waals surface area (Å²) in [4.78, 5) is 0. The molecule has 2 rings (SSSR count). The highest BCUT2D eigenvalue weighted by Gasteiger charge is 2.10. The van der Waals surface area contributed by atoms with Crippen molar-refractivity contribution < 1.29 is 4.42 Å². The molecule has 0 aliphatic heterocycles. The first-order valence-electron chi connectivity index (χ1n) is 4.14. The van der Waals surface area contributed by atoms with Gasteiger partial charge in [0, 0.05) is 0 Å². The van der Waals surface area contributed by atoms with Crippen LogP contribution in [0.1, 0.15) is 16.6 Å². The average Bonchev–Trinajstić information content (AvgIpc) is 2.71.